The Labute approximate surface area is 178 Å². The Kier molecular flexibility index (Phi) is 7.33. The van der Waals surface area contributed by atoms with E-state index < -0.39 is 15.9 Å². The summed E-state index contributed by atoms with van der Waals surface area (Å²) >= 11 is 0. The molecule has 162 valence electrons. The molecule has 1 aliphatic rings. The summed E-state index contributed by atoms with van der Waals surface area (Å²) in [7, 11) is -2.16. The number of aryl methyl sites for hydroxylation is 1. The number of anilines is 1. The van der Waals surface area contributed by atoms with Crippen molar-refractivity contribution in [1.29, 1.82) is 0 Å². The minimum Gasteiger partial charge on any atom is -0.495 e. The summed E-state index contributed by atoms with van der Waals surface area (Å²) in [5, 5.41) is 2.70. The molecule has 2 aromatic carbocycles. The Morgan fingerprint density at radius 1 is 1.07 bits per heavy atom. The third kappa shape index (κ3) is 5.52. The molecule has 1 amide bonds. The fourth-order valence-electron chi connectivity index (χ4n) is 3.42. The van der Waals surface area contributed by atoms with E-state index in [1.807, 2.05) is 25.1 Å². The molecule has 0 atom stereocenters. The number of hydrogen-bond acceptors (Lipinski definition) is 5. The van der Waals surface area contributed by atoms with E-state index in [-0.39, 0.29) is 11.5 Å². The third-order valence-corrected chi connectivity index (χ3v) is 6.90. The quantitative estimate of drug-likeness (QED) is 0.723. The van der Waals surface area contributed by atoms with E-state index in [2.05, 4.69) is 5.32 Å². The molecule has 1 heterocycles. The molecule has 7 nitrogen and oxygen atoms in total. The molecular formula is C22H28N2O5S. The number of amides is 1. The van der Waals surface area contributed by atoms with E-state index in [9.17, 15) is 13.2 Å². The minimum atomic E-state index is -3.63. The lowest BCUT2D eigenvalue weighted by atomic mass is 10.2. The van der Waals surface area contributed by atoms with E-state index in [0.29, 0.717) is 30.3 Å². The van der Waals surface area contributed by atoms with Crippen molar-refractivity contribution in [2.45, 2.75) is 37.5 Å². The van der Waals surface area contributed by atoms with Gasteiger partial charge in [-0.2, -0.15) is 4.31 Å². The highest BCUT2D eigenvalue weighted by Gasteiger charge is 2.26. The maximum absolute atomic E-state index is 13.1. The van der Waals surface area contributed by atoms with Gasteiger partial charge in [-0.3, -0.25) is 4.79 Å². The van der Waals surface area contributed by atoms with E-state index in [0.717, 1.165) is 31.2 Å². The molecule has 0 saturated carbocycles. The Bertz CT molecular complexity index is 983. The monoisotopic (exact) mass is 432 g/mol. The Balaban J connectivity index is 1.74. The summed E-state index contributed by atoms with van der Waals surface area (Å²) in [5.74, 6) is 0.572. The molecule has 0 bridgehead atoms. The Morgan fingerprint density at radius 2 is 1.80 bits per heavy atom. The van der Waals surface area contributed by atoms with E-state index >= 15 is 0 Å². The van der Waals surface area contributed by atoms with Crippen LogP contribution in [0.4, 0.5) is 5.69 Å². The number of rotatable bonds is 7. The number of sulfonamides is 1. The van der Waals surface area contributed by atoms with Crippen LogP contribution in [0.1, 0.15) is 31.2 Å². The number of carbonyl (C=O) groups excluding carboxylic acids is 1. The lowest BCUT2D eigenvalue weighted by Gasteiger charge is -2.21. The van der Waals surface area contributed by atoms with Gasteiger partial charge in [0.1, 0.15) is 11.5 Å². The number of nitrogens with one attached hydrogen (secondary N) is 1. The zero-order valence-corrected chi connectivity index (χ0v) is 18.2. The standard InChI is InChI=1S/C22H28N2O5S/c1-17-8-7-9-18(14-17)29-16-22(25)23-20-15-19(10-11-21(20)28-2)30(26,27)24-12-5-3-4-6-13-24/h7-11,14-15H,3-6,12-13,16H2,1-2H3,(H,23,25). The first-order valence-corrected chi connectivity index (χ1v) is 11.5. The first-order chi connectivity index (χ1) is 14.4. The summed E-state index contributed by atoms with van der Waals surface area (Å²) in [5.41, 5.74) is 1.33. The second-order valence-electron chi connectivity index (χ2n) is 7.33. The van der Waals surface area contributed by atoms with E-state index in [4.69, 9.17) is 9.47 Å². The molecule has 30 heavy (non-hydrogen) atoms. The highest BCUT2D eigenvalue weighted by Crippen LogP contribution is 2.30. The van der Waals surface area contributed by atoms with Gasteiger partial charge in [0.25, 0.3) is 5.91 Å². The normalized spacial score (nSPS) is 15.3. The van der Waals surface area contributed by atoms with Gasteiger partial charge in [0.2, 0.25) is 10.0 Å². The fraction of sp³-hybridized carbons (Fsp3) is 0.409. The first kappa shape index (κ1) is 22.1. The maximum Gasteiger partial charge on any atom is 0.262 e. The van der Waals surface area contributed by atoms with Crippen LogP contribution < -0.4 is 14.8 Å². The van der Waals surface area contributed by atoms with Crippen molar-refractivity contribution in [2.75, 3.05) is 32.1 Å². The van der Waals surface area contributed by atoms with Crippen LogP contribution in [0.5, 0.6) is 11.5 Å². The molecule has 1 N–H and O–H groups in total. The molecule has 1 aliphatic heterocycles. The van der Waals surface area contributed by atoms with Crippen LogP contribution in [0.15, 0.2) is 47.4 Å². The Hall–Kier alpha value is -2.58. The van der Waals surface area contributed by atoms with Crippen molar-refractivity contribution in [3.63, 3.8) is 0 Å². The molecule has 0 aliphatic carbocycles. The van der Waals surface area contributed by atoms with Crippen molar-refractivity contribution in [1.82, 2.24) is 4.31 Å². The van der Waals surface area contributed by atoms with E-state index in [1.165, 1.54) is 23.5 Å². The van der Waals surface area contributed by atoms with Gasteiger partial charge < -0.3 is 14.8 Å². The highest BCUT2D eigenvalue weighted by molar-refractivity contribution is 7.89. The fourth-order valence-corrected chi connectivity index (χ4v) is 4.96. The second kappa shape index (κ2) is 9.95. The number of carbonyl (C=O) groups is 1. The number of methoxy groups -OCH3 is 1. The van der Waals surface area contributed by atoms with Crippen LogP contribution >= 0.6 is 0 Å². The van der Waals surface area contributed by atoms with Gasteiger partial charge in [0.05, 0.1) is 17.7 Å². The van der Waals surface area contributed by atoms with Crippen molar-refractivity contribution >= 4 is 21.6 Å². The first-order valence-electron chi connectivity index (χ1n) is 10.1. The minimum absolute atomic E-state index is 0.139. The molecule has 0 unspecified atom stereocenters. The smallest absolute Gasteiger partial charge is 0.262 e. The van der Waals surface area contributed by atoms with Gasteiger partial charge >= 0.3 is 0 Å². The molecule has 0 radical (unpaired) electrons. The van der Waals surface area contributed by atoms with Crippen molar-refractivity contribution in [2.24, 2.45) is 0 Å². The number of nitrogens with zero attached hydrogens (tertiary/aromatic N) is 1. The van der Waals surface area contributed by atoms with Crippen LogP contribution in [0.2, 0.25) is 0 Å². The zero-order valence-electron chi connectivity index (χ0n) is 17.4. The predicted molar refractivity (Wildman–Crippen MR) is 116 cm³/mol. The lowest BCUT2D eigenvalue weighted by Crippen LogP contribution is -2.32. The summed E-state index contributed by atoms with van der Waals surface area (Å²) in [6, 6.07) is 11.9. The SMILES string of the molecule is COc1ccc(S(=O)(=O)N2CCCCCC2)cc1NC(=O)COc1cccc(C)c1. The summed E-state index contributed by atoms with van der Waals surface area (Å²) < 4.78 is 38.5. The number of ether oxygens (including phenoxy) is 2. The average Bonchev–Trinajstić information content (AvgIpc) is 3.02. The van der Waals surface area contributed by atoms with Crippen LogP contribution in [-0.2, 0) is 14.8 Å². The zero-order chi connectivity index (χ0) is 21.6. The van der Waals surface area contributed by atoms with Gasteiger partial charge in [-0.25, -0.2) is 8.42 Å². The van der Waals surface area contributed by atoms with Gasteiger partial charge in [-0.1, -0.05) is 25.0 Å². The molecule has 3 rings (SSSR count). The molecule has 0 aromatic heterocycles. The number of benzene rings is 2. The highest BCUT2D eigenvalue weighted by atomic mass is 32.2. The number of hydrogen-bond donors (Lipinski definition) is 1. The molecule has 1 fully saturated rings. The Morgan fingerprint density at radius 3 is 2.47 bits per heavy atom. The second-order valence-corrected chi connectivity index (χ2v) is 9.27. The van der Waals surface area contributed by atoms with Gasteiger partial charge in [-0.15, -0.1) is 0 Å². The van der Waals surface area contributed by atoms with E-state index in [1.54, 1.807) is 12.1 Å². The van der Waals surface area contributed by atoms with Crippen molar-refractivity contribution in [3.8, 4) is 11.5 Å². The summed E-state index contributed by atoms with van der Waals surface area (Å²) in [6.45, 7) is 2.77. The van der Waals surface area contributed by atoms with Crippen LogP contribution in [0.3, 0.4) is 0 Å². The van der Waals surface area contributed by atoms with Crippen LogP contribution in [-0.4, -0.2) is 45.4 Å². The average molecular weight is 433 g/mol. The van der Waals surface area contributed by atoms with Crippen LogP contribution in [0, 0.1) is 6.92 Å². The molecule has 2 aromatic rings. The maximum atomic E-state index is 13.1. The van der Waals surface area contributed by atoms with Crippen LogP contribution in [0.25, 0.3) is 0 Å². The van der Waals surface area contributed by atoms with Crippen molar-refractivity contribution in [3.05, 3.63) is 48.0 Å². The van der Waals surface area contributed by atoms with Gasteiger partial charge in [0, 0.05) is 13.1 Å². The molecule has 0 spiro atoms. The summed E-state index contributed by atoms with van der Waals surface area (Å²) in [4.78, 5) is 12.5. The summed E-state index contributed by atoms with van der Waals surface area (Å²) in [6.07, 6.45) is 3.79. The topological polar surface area (TPSA) is 84.9 Å². The third-order valence-electron chi connectivity index (χ3n) is 5.01. The van der Waals surface area contributed by atoms with Gasteiger partial charge in [-0.05, 0) is 55.7 Å². The largest absolute Gasteiger partial charge is 0.495 e. The van der Waals surface area contributed by atoms with Crippen molar-refractivity contribution < 1.29 is 22.7 Å². The lowest BCUT2D eigenvalue weighted by molar-refractivity contribution is -0.118. The molecule has 8 heteroatoms. The van der Waals surface area contributed by atoms with Gasteiger partial charge in [0.15, 0.2) is 6.61 Å². The molecular weight excluding hydrogens is 404 g/mol. The predicted octanol–water partition coefficient (Wildman–Crippen LogP) is 3.59. The molecule has 1 saturated heterocycles.